The number of phosphoric acid groups is 2. The molecular formula is C81H138O17P2. The van der Waals surface area contributed by atoms with E-state index in [1.165, 1.54) is 70.6 Å². The van der Waals surface area contributed by atoms with Gasteiger partial charge < -0.3 is 33.8 Å². The van der Waals surface area contributed by atoms with E-state index in [1.54, 1.807) is 6.08 Å². The van der Waals surface area contributed by atoms with Crippen LogP contribution < -0.4 is 0 Å². The second-order valence-electron chi connectivity index (χ2n) is 25.6. The Bertz CT molecular complexity index is 2370. The van der Waals surface area contributed by atoms with Crippen LogP contribution in [0, 0.1) is 0 Å². The minimum absolute atomic E-state index is 0.0707. The molecule has 0 rings (SSSR count). The van der Waals surface area contributed by atoms with Crippen LogP contribution in [0.5, 0.6) is 0 Å². The average molecular weight is 1450 g/mol. The van der Waals surface area contributed by atoms with Crippen molar-refractivity contribution in [3.8, 4) is 0 Å². The van der Waals surface area contributed by atoms with E-state index < -0.39 is 97.5 Å². The van der Waals surface area contributed by atoms with Crippen LogP contribution >= 0.6 is 15.6 Å². The highest BCUT2D eigenvalue weighted by Gasteiger charge is 2.30. The Labute approximate surface area is 606 Å². The van der Waals surface area contributed by atoms with Crippen molar-refractivity contribution < 1.29 is 80.2 Å². The van der Waals surface area contributed by atoms with Gasteiger partial charge in [-0.15, -0.1) is 0 Å². The fourth-order valence-corrected chi connectivity index (χ4v) is 11.6. The average Bonchev–Trinajstić information content (AvgIpc) is 0.936. The first-order chi connectivity index (χ1) is 48.7. The molecule has 0 aromatic rings. The lowest BCUT2D eigenvalue weighted by molar-refractivity contribution is -0.161. The van der Waals surface area contributed by atoms with Gasteiger partial charge in [-0.2, -0.15) is 0 Å². The molecule has 0 bridgehead atoms. The second kappa shape index (κ2) is 72.8. The molecule has 0 saturated carbocycles. The number of hydrogen-bond acceptors (Lipinski definition) is 15. The van der Waals surface area contributed by atoms with Crippen LogP contribution in [0.15, 0.2) is 122 Å². The fourth-order valence-electron chi connectivity index (χ4n) is 10.0. The predicted octanol–water partition coefficient (Wildman–Crippen LogP) is 22.3. The van der Waals surface area contributed by atoms with Gasteiger partial charge in [-0.3, -0.25) is 37.3 Å². The minimum Gasteiger partial charge on any atom is -0.462 e. The summed E-state index contributed by atoms with van der Waals surface area (Å²) in [6.45, 7) is 4.53. The van der Waals surface area contributed by atoms with Gasteiger partial charge in [0.15, 0.2) is 12.2 Å². The predicted molar refractivity (Wildman–Crippen MR) is 408 cm³/mol. The van der Waals surface area contributed by atoms with Gasteiger partial charge in [0.25, 0.3) is 0 Å². The van der Waals surface area contributed by atoms with Crippen molar-refractivity contribution >= 4 is 39.5 Å². The maximum absolute atomic E-state index is 13.1. The summed E-state index contributed by atoms with van der Waals surface area (Å²) in [7, 11) is -9.98. The standard InChI is InChI=1S/C81H138O17P2/c1-5-9-13-17-21-25-29-33-35-36-37-38-40-44-46-50-54-58-62-66-79(84)92-72-77(98-81(86)68-64-60-56-52-48-42-32-28-24-20-16-12-8-4)74-96-100(89,90)94-70-75(82)69-93-99(87,88)95-73-76(97-80(85)67-63-59-55-51-47-41-31-27-23-19-15-11-7-3)71-91-78(83)65-61-57-53-49-45-43-39-34-30-26-22-18-14-10-6-2/h10,14,16,20-22,25-26,28,32-35,37-39,45,49,57,61,75-77,82H,5-9,11-13,15,17-19,23-24,27,29-31,36,40-44,46-48,50-56,58-60,62-74H2,1-4H3,(H,87,88)(H,89,90)/b14-10-,20-16-,25-21-,26-22-,32-28-,35-33-,38-37-,39-34-,49-45-,61-57-. The first kappa shape index (κ1) is 95.5. The molecule has 17 nitrogen and oxygen atoms in total. The lowest BCUT2D eigenvalue weighted by Crippen LogP contribution is -2.30. The number of aliphatic hydroxyl groups is 1. The molecule has 0 heterocycles. The third-order valence-electron chi connectivity index (χ3n) is 15.9. The summed E-state index contributed by atoms with van der Waals surface area (Å²) >= 11 is 0. The third kappa shape index (κ3) is 71.8. The lowest BCUT2D eigenvalue weighted by atomic mass is 10.0. The Morgan fingerprint density at radius 2 is 0.580 bits per heavy atom. The molecule has 0 saturated heterocycles. The van der Waals surface area contributed by atoms with Crippen molar-refractivity contribution in [2.75, 3.05) is 39.6 Å². The highest BCUT2D eigenvalue weighted by atomic mass is 31.2. The topological polar surface area (TPSA) is 237 Å². The van der Waals surface area contributed by atoms with Crippen LogP contribution in [0.3, 0.4) is 0 Å². The van der Waals surface area contributed by atoms with Crippen molar-refractivity contribution in [2.45, 2.75) is 329 Å². The summed E-state index contributed by atoms with van der Waals surface area (Å²) in [6.07, 6.45) is 79.3. The number of aliphatic hydroxyl groups excluding tert-OH is 1. The number of allylic oxidation sites excluding steroid dienone is 19. The second-order valence-corrected chi connectivity index (χ2v) is 28.5. The van der Waals surface area contributed by atoms with Gasteiger partial charge in [-0.05, 0) is 116 Å². The van der Waals surface area contributed by atoms with E-state index in [0.29, 0.717) is 25.7 Å². The summed E-state index contributed by atoms with van der Waals surface area (Å²) in [6, 6.07) is 0. The molecule has 5 atom stereocenters. The maximum atomic E-state index is 13.1. The first-order valence-corrected chi connectivity index (χ1v) is 41.8. The van der Waals surface area contributed by atoms with Gasteiger partial charge in [0.1, 0.15) is 19.3 Å². The van der Waals surface area contributed by atoms with Crippen molar-refractivity contribution in [3.63, 3.8) is 0 Å². The Morgan fingerprint density at radius 1 is 0.300 bits per heavy atom. The molecule has 0 fully saturated rings. The van der Waals surface area contributed by atoms with Gasteiger partial charge in [-0.1, -0.05) is 290 Å². The zero-order valence-electron chi connectivity index (χ0n) is 62.6. The number of ether oxygens (including phenoxy) is 4. The van der Waals surface area contributed by atoms with E-state index in [4.69, 9.17) is 37.0 Å². The van der Waals surface area contributed by atoms with Crippen LogP contribution in [-0.4, -0.2) is 96.7 Å². The zero-order chi connectivity index (χ0) is 73.2. The number of carbonyl (C=O) groups excluding carboxylic acids is 4. The first-order valence-electron chi connectivity index (χ1n) is 38.8. The molecule has 0 spiro atoms. The van der Waals surface area contributed by atoms with Gasteiger partial charge >= 0.3 is 39.5 Å². The van der Waals surface area contributed by atoms with Crippen molar-refractivity contribution in [3.05, 3.63) is 122 Å². The van der Waals surface area contributed by atoms with Crippen LogP contribution in [0.2, 0.25) is 0 Å². The largest absolute Gasteiger partial charge is 0.472 e. The zero-order valence-corrected chi connectivity index (χ0v) is 64.4. The molecule has 574 valence electrons. The van der Waals surface area contributed by atoms with Crippen LogP contribution in [0.1, 0.15) is 310 Å². The number of unbranched alkanes of at least 4 members (excludes halogenated alkanes) is 27. The highest BCUT2D eigenvalue weighted by Crippen LogP contribution is 2.45. The Hall–Kier alpha value is -4.54. The molecule has 0 aliphatic rings. The van der Waals surface area contributed by atoms with E-state index in [0.717, 1.165) is 161 Å². The summed E-state index contributed by atoms with van der Waals surface area (Å²) in [4.78, 5) is 72.8. The highest BCUT2D eigenvalue weighted by molar-refractivity contribution is 7.47. The molecule has 0 aromatic heterocycles. The van der Waals surface area contributed by atoms with E-state index in [-0.39, 0.29) is 25.7 Å². The normalized spacial score (nSPS) is 14.6. The molecule has 0 aliphatic heterocycles. The van der Waals surface area contributed by atoms with Gasteiger partial charge in [0.05, 0.1) is 32.8 Å². The number of hydrogen-bond donors (Lipinski definition) is 3. The molecule has 0 radical (unpaired) electrons. The smallest absolute Gasteiger partial charge is 0.462 e. The molecule has 100 heavy (non-hydrogen) atoms. The van der Waals surface area contributed by atoms with Crippen molar-refractivity contribution in [1.82, 2.24) is 0 Å². The molecule has 0 aromatic carbocycles. The van der Waals surface area contributed by atoms with E-state index in [2.05, 4.69) is 125 Å². The fraction of sp³-hybridized carbons (Fsp3) is 0.704. The summed E-state index contributed by atoms with van der Waals surface area (Å²) < 4.78 is 68.4. The molecule has 0 aliphatic carbocycles. The number of esters is 4. The monoisotopic (exact) mass is 1440 g/mol. The van der Waals surface area contributed by atoms with Gasteiger partial charge in [0, 0.05) is 19.3 Å². The SMILES string of the molecule is CC/C=C\C/C=C\C/C=C\C/C=C\C/C=C\CC(=O)OCC(COP(=O)(O)OCC(O)COP(=O)(O)OCC(COC(=O)CCCCCCCC/C=C\C/C=C\C/C=C\CCCCC)OC(=O)CCCCCCC/C=C\C/C=C\CCC)OC(=O)CCCCCCCCCCCCCCC. The Kier molecular flexibility index (Phi) is 69.5. The quantitative estimate of drug-likeness (QED) is 0.0169. The molecule has 5 unspecified atom stereocenters. The summed E-state index contributed by atoms with van der Waals surface area (Å²) in [5.74, 6) is -2.35. The van der Waals surface area contributed by atoms with Crippen LogP contribution in [0.25, 0.3) is 0 Å². The molecule has 3 N–H and O–H groups in total. The van der Waals surface area contributed by atoms with E-state index >= 15 is 0 Å². The van der Waals surface area contributed by atoms with Crippen molar-refractivity contribution in [1.29, 1.82) is 0 Å². The number of carbonyl (C=O) groups is 4. The number of rotatable bonds is 72. The minimum atomic E-state index is -4.99. The third-order valence-corrected chi connectivity index (χ3v) is 17.8. The Balaban J connectivity index is 5.40. The number of phosphoric ester groups is 2. The molecular weight excluding hydrogens is 1310 g/mol. The lowest BCUT2D eigenvalue weighted by Gasteiger charge is -2.21. The van der Waals surface area contributed by atoms with Crippen molar-refractivity contribution in [2.24, 2.45) is 0 Å². The van der Waals surface area contributed by atoms with E-state index in [9.17, 15) is 43.2 Å². The van der Waals surface area contributed by atoms with Crippen LogP contribution in [-0.2, 0) is 65.4 Å². The van der Waals surface area contributed by atoms with Crippen LogP contribution in [0.4, 0.5) is 0 Å². The summed E-state index contributed by atoms with van der Waals surface area (Å²) in [5.41, 5.74) is 0. The molecule has 19 heteroatoms. The Morgan fingerprint density at radius 3 is 0.950 bits per heavy atom. The van der Waals surface area contributed by atoms with Gasteiger partial charge in [-0.25, -0.2) is 9.13 Å². The summed E-state index contributed by atoms with van der Waals surface area (Å²) in [5, 5.41) is 10.6. The molecule has 0 amide bonds. The van der Waals surface area contributed by atoms with Gasteiger partial charge in [0.2, 0.25) is 0 Å². The van der Waals surface area contributed by atoms with E-state index in [1.807, 2.05) is 18.2 Å². The maximum Gasteiger partial charge on any atom is 0.472 e.